The predicted molar refractivity (Wildman–Crippen MR) is 51.0 cm³/mol. The average molecular weight is 164 g/mol. The van der Waals surface area contributed by atoms with Crippen LogP contribution in [0.4, 0.5) is 0 Å². The van der Waals surface area contributed by atoms with Gasteiger partial charge in [-0.15, -0.1) is 17.8 Å². The fourth-order valence-electron chi connectivity index (χ4n) is 1.05. The van der Waals surface area contributed by atoms with Crippen molar-refractivity contribution in [3.05, 3.63) is 21.4 Å². The van der Waals surface area contributed by atoms with Crippen LogP contribution < -0.4 is 0 Å². The summed E-state index contributed by atoms with van der Waals surface area (Å²) in [4.78, 5) is 1.38. The van der Waals surface area contributed by atoms with Gasteiger partial charge in [0.05, 0.1) is 0 Å². The Labute approximate surface area is 72.3 Å². The number of terminal acetylenes is 1. The molecule has 1 unspecified atom stereocenters. The lowest BCUT2D eigenvalue weighted by atomic mass is 10.0. The number of hydrogen-bond donors (Lipinski definition) is 0. The smallest absolute Gasteiger partial charge is 0.0432 e. The third kappa shape index (κ3) is 1.46. The summed E-state index contributed by atoms with van der Waals surface area (Å²) in [6.07, 6.45) is 5.34. The summed E-state index contributed by atoms with van der Waals surface area (Å²) >= 11 is 1.78. The summed E-state index contributed by atoms with van der Waals surface area (Å²) in [5.41, 5.74) is 2.68. The highest BCUT2D eigenvalue weighted by atomic mass is 32.1. The van der Waals surface area contributed by atoms with Gasteiger partial charge in [0, 0.05) is 10.8 Å². The zero-order valence-electron chi connectivity index (χ0n) is 7.14. The number of rotatable bonds is 1. The highest BCUT2D eigenvalue weighted by Gasteiger charge is 2.08. The highest BCUT2D eigenvalue weighted by Crippen LogP contribution is 2.26. The monoisotopic (exact) mass is 164 g/mol. The molecule has 0 fully saturated rings. The van der Waals surface area contributed by atoms with Crippen LogP contribution in [0.15, 0.2) is 5.38 Å². The van der Waals surface area contributed by atoms with Crippen LogP contribution in [0, 0.1) is 26.2 Å². The van der Waals surface area contributed by atoms with E-state index in [-0.39, 0.29) is 5.92 Å². The minimum absolute atomic E-state index is 0.264. The van der Waals surface area contributed by atoms with E-state index in [1.807, 2.05) is 0 Å². The van der Waals surface area contributed by atoms with Crippen molar-refractivity contribution in [3.63, 3.8) is 0 Å². The third-order valence-electron chi connectivity index (χ3n) is 2.04. The summed E-state index contributed by atoms with van der Waals surface area (Å²) in [6, 6.07) is 0. The van der Waals surface area contributed by atoms with E-state index in [9.17, 15) is 0 Å². The normalized spacial score (nSPS) is 12.5. The van der Waals surface area contributed by atoms with Gasteiger partial charge in [-0.25, -0.2) is 0 Å². The van der Waals surface area contributed by atoms with E-state index >= 15 is 0 Å². The van der Waals surface area contributed by atoms with Gasteiger partial charge in [0.25, 0.3) is 0 Å². The van der Waals surface area contributed by atoms with Gasteiger partial charge in [0.2, 0.25) is 0 Å². The van der Waals surface area contributed by atoms with E-state index in [0.717, 1.165) is 0 Å². The van der Waals surface area contributed by atoms with Crippen molar-refractivity contribution in [2.45, 2.75) is 26.7 Å². The Kier molecular flexibility index (Phi) is 2.36. The third-order valence-corrected chi connectivity index (χ3v) is 3.07. The van der Waals surface area contributed by atoms with Gasteiger partial charge in [-0.2, -0.15) is 0 Å². The van der Waals surface area contributed by atoms with Crippen molar-refractivity contribution in [3.8, 4) is 12.3 Å². The molecule has 0 aromatic carbocycles. The molecule has 0 radical (unpaired) electrons. The molecule has 1 atom stereocenters. The Balaban J connectivity index is 3.07. The SMILES string of the molecule is C#CC(C)c1csc(C)c1C. The summed E-state index contributed by atoms with van der Waals surface area (Å²) < 4.78 is 0. The second kappa shape index (κ2) is 3.11. The first kappa shape index (κ1) is 8.36. The van der Waals surface area contributed by atoms with E-state index in [2.05, 4.69) is 32.1 Å². The Morgan fingerprint density at radius 2 is 2.18 bits per heavy atom. The van der Waals surface area contributed by atoms with Crippen molar-refractivity contribution in [2.75, 3.05) is 0 Å². The maximum Gasteiger partial charge on any atom is 0.0432 e. The van der Waals surface area contributed by atoms with Gasteiger partial charge in [0.15, 0.2) is 0 Å². The van der Waals surface area contributed by atoms with Crippen LogP contribution in [0.3, 0.4) is 0 Å². The van der Waals surface area contributed by atoms with Crippen molar-refractivity contribution in [1.82, 2.24) is 0 Å². The maximum absolute atomic E-state index is 5.34. The standard InChI is InChI=1S/C10H12S/c1-5-7(2)10-6-11-9(4)8(10)3/h1,6-7H,2-4H3. The second-order valence-electron chi connectivity index (χ2n) is 2.76. The highest BCUT2D eigenvalue weighted by molar-refractivity contribution is 7.10. The molecule has 1 aromatic rings. The lowest BCUT2D eigenvalue weighted by molar-refractivity contribution is 0.996. The Morgan fingerprint density at radius 3 is 2.55 bits per heavy atom. The molecule has 58 valence electrons. The molecule has 0 saturated carbocycles. The van der Waals surface area contributed by atoms with Crippen molar-refractivity contribution in [1.29, 1.82) is 0 Å². The number of thiophene rings is 1. The van der Waals surface area contributed by atoms with E-state index in [1.54, 1.807) is 11.3 Å². The predicted octanol–water partition coefficient (Wildman–Crippen LogP) is 3.10. The topological polar surface area (TPSA) is 0 Å². The molecule has 11 heavy (non-hydrogen) atoms. The van der Waals surface area contributed by atoms with E-state index in [0.29, 0.717) is 0 Å². The molecule has 0 amide bonds. The van der Waals surface area contributed by atoms with Crippen molar-refractivity contribution >= 4 is 11.3 Å². The molecule has 1 heterocycles. The van der Waals surface area contributed by atoms with Crippen LogP contribution in [0.5, 0.6) is 0 Å². The average Bonchev–Trinajstić information content (AvgIpc) is 2.32. The molecular formula is C10H12S. The van der Waals surface area contributed by atoms with Crippen LogP contribution in [0.1, 0.15) is 28.8 Å². The molecule has 1 aromatic heterocycles. The largest absolute Gasteiger partial charge is 0.149 e. The van der Waals surface area contributed by atoms with Crippen LogP contribution in [0.2, 0.25) is 0 Å². The second-order valence-corrected chi connectivity index (χ2v) is 3.84. The minimum Gasteiger partial charge on any atom is -0.149 e. The zero-order valence-corrected chi connectivity index (χ0v) is 7.96. The van der Waals surface area contributed by atoms with Crippen LogP contribution in [-0.4, -0.2) is 0 Å². The van der Waals surface area contributed by atoms with Crippen LogP contribution in [0.25, 0.3) is 0 Å². The molecule has 0 aliphatic carbocycles. The van der Waals surface area contributed by atoms with Crippen molar-refractivity contribution in [2.24, 2.45) is 0 Å². The molecule has 0 aliphatic heterocycles. The van der Waals surface area contributed by atoms with Gasteiger partial charge in [-0.1, -0.05) is 5.92 Å². The first-order valence-corrected chi connectivity index (χ1v) is 4.55. The first-order chi connectivity index (χ1) is 5.16. The van der Waals surface area contributed by atoms with Gasteiger partial charge < -0.3 is 0 Å². The van der Waals surface area contributed by atoms with E-state index in [1.165, 1.54) is 16.0 Å². The molecule has 0 bridgehead atoms. The molecule has 0 nitrogen and oxygen atoms in total. The summed E-state index contributed by atoms with van der Waals surface area (Å²) in [5.74, 6) is 3.01. The van der Waals surface area contributed by atoms with E-state index < -0.39 is 0 Å². The lowest BCUT2D eigenvalue weighted by Crippen LogP contribution is -1.89. The molecular weight excluding hydrogens is 152 g/mol. The zero-order chi connectivity index (χ0) is 8.43. The van der Waals surface area contributed by atoms with Crippen LogP contribution in [-0.2, 0) is 0 Å². The Hall–Kier alpha value is -0.740. The maximum atomic E-state index is 5.34. The molecule has 1 rings (SSSR count). The molecule has 0 saturated heterocycles. The summed E-state index contributed by atoms with van der Waals surface area (Å²) in [6.45, 7) is 6.33. The van der Waals surface area contributed by atoms with Gasteiger partial charge >= 0.3 is 0 Å². The molecule has 0 aliphatic rings. The fraction of sp³-hybridized carbons (Fsp3) is 0.400. The summed E-state index contributed by atoms with van der Waals surface area (Å²) in [7, 11) is 0. The quantitative estimate of drug-likeness (QED) is 0.559. The van der Waals surface area contributed by atoms with Crippen molar-refractivity contribution < 1.29 is 0 Å². The van der Waals surface area contributed by atoms with Gasteiger partial charge in [-0.3, -0.25) is 0 Å². The molecule has 0 N–H and O–H groups in total. The van der Waals surface area contributed by atoms with Crippen LogP contribution >= 0.6 is 11.3 Å². The number of hydrogen-bond acceptors (Lipinski definition) is 1. The first-order valence-electron chi connectivity index (χ1n) is 3.67. The molecule has 1 heteroatoms. The summed E-state index contributed by atoms with van der Waals surface area (Å²) in [5, 5.41) is 2.16. The van der Waals surface area contributed by atoms with E-state index in [4.69, 9.17) is 6.42 Å². The number of aryl methyl sites for hydroxylation is 1. The van der Waals surface area contributed by atoms with Gasteiger partial charge in [-0.05, 0) is 37.3 Å². The fourth-order valence-corrected chi connectivity index (χ4v) is 2.03. The lowest BCUT2D eigenvalue weighted by Gasteiger charge is -2.02. The Morgan fingerprint density at radius 1 is 1.55 bits per heavy atom. The Bertz CT molecular complexity index is 288. The molecule has 0 spiro atoms. The minimum atomic E-state index is 0.264. The van der Waals surface area contributed by atoms with Gasteiger partial charge in [0.1, 0.15) is 0 Å².